The average Bonchev–Trinajstić information content (AvgIpc) is 2.41. The molecule has 0 aliphatic rings. The van der Waals surface area contributed by atoms with Gasteiger partial charge in [-0.1, -0.05) is 52.0 Å². The summed E-state index contributed by atoms with van der Waals surface area (Å²) >= 11 is 3.49. The normalized spacial score (nSPS) is 9.72. The topological polar surface area (TPSA) is 20.2 Å². The lowest BCUT2D eigenvalue weighted by Crippen LogP contribution is -1.89. The maximum atomic E-state index is 9.24. The lowest BCUT2D eigenvalue weighted by Gasteiger charge is -2.01. The Kier molecular flexibility index (Phi) is 4.19. The third-order valence-corrected chi connectivity index (χ3v) is 3.65. The highest BCUT2D eigenvalue weighted by Gasteiger charge is 1.99. The van der Waals surface area contributed by atoms with Crippen LogP contribution in [0.4, 0.5) is 0 Å². The van der Waals surface area contributed by atoms with Gasteiger partial charge in [-0.15, -0.1) is 0 Å². The molecule has 18 heavy (non-hydrogen) atoms. The van der Waals surface area contributed by atoms with Crippen LogP contribution in [0, 0.1) is 18.8 Å². The SMILES string of the molecule is Cc1c(Br)cccc1C#Cc1ccccc1CO. The van der Waals surface area contributed by atoms with Gasteiger partial charge in [0.15, 0.2) is 0 Å². The van der Waals surface area contributed by atoms with Crippen LogP contribution in [0.3, 0.4) is 0 Å². The van der Waals surface area contributed by atoms with Crippen LogP contribution in [0.2, 0.25) is 0 Å². The highest BCUT2D eigenvalue weighted by molar-refractivity contribution is 9.10. The van der Waals surface area contributed by atoms with Crippen molar-refractivity contribution in [1.29, 1.82) is 0 Å². The highest BCUT2D eigenvalue weighted by atomic mass is 79.9. The predicted octanol–water partition coefficient (Wildman–Crippen LogP) is 3.65. The summed E-state index contributed by atoms with van der Waals surface area (Å²) in [4.78, 5) is 0. The fourth-order valence-electron chi connectivity index (χ4n) is 1.66. The van der Waals surface area contributed by atoms with Crippen LogP contribution in [-0.2, 0) is 6.61 Å². The molecule has 0 heterocycles. The van der Waals surface area contributed by atoms with Gasteiger partial charge in [0.25, 0.3) is 0 Å². The molecule has 0 unspecified atom stereocenters. The number of aliphatic hydroxyl groups is 1. The Balaban J connectivity index is 2.40. The smallest absolute Gasteiger partial charge is 0.0694 e. The van der Waals surface area contributed by atoms with E-state index in [1.807, 2.05) is 49.4 Å². The molecule has 0 spiro atoms. The quantitative estimate of drug-likeness (QED) is 0.797. The van der Waals surface area contributed by atoms with E-state index in [1.165, 1.54) is 0 Å². The van der Waals surface area contributed by atoms with Gasteiger partial charge in [0, 0.05) is 15.6 Å². The largest absolute Gasteiger partial charge is 0.392 e. The molecule has 0 atom stereocenters. The summed E-state index contributed by atoms with van der Waals surface area (Å²) < 4.78 is 1.06. The summed E-state index contributed by atoms with van der Waals surface area (Å²) in [7, 11) is 0. The molecule has 1 nitrogen and oxygen atoms in total. The monoisotopic (exact) mass is 300 g/mol. The van der Waals surface area contributed by atoms with Gasteiger partial charge in [-0.25, -0.2) is 0 Å². The van der Waals surface area contributed by atoms with Crippen molar-refractivity contribution in [2.45, 2.75) is 13.5 Å². The molecule has 0 saturated heterocycles. The summed E-state index contributed by atoms with van der Waals surface area (Å²) in [6.45, 7) is 2.05. The number of halogens is 1. The van der Waals surface area contributed by atoms with E-state index < -0.39 is 0 Å². The van der Waals surface area contributed by atoms with E-state index in [-0.39, 0.29) is 6.61 Å². The van der Waals surface area contributed by atoms with Crippen molar-refractivity contribution in [2.75, 3.05) is 0 Å². The molecule has 90 valence electrons. The Labute approximate surface area is 116 Å². The van der Waals surface area contributed by atoms with Crippen molar-refractivity contribution in [2.24, 2.45) is 0 Å². The minimum absolute atomic E-state index is 0.0162. The van der Waals surface area contributed by atoms with Crippen molar-refractivity contribution in [3.05, 3.63) is 69.2 Å². The molecule has 0 amide bonds. The molecule has 0 fully saturated rings. The molecular weight excluding hydrogens is 288 g/mol. The fraction of sp³-hybridized carbons (Fsp3) is 0.125. The van der Waals surface area contributed by atoms with Crippen molar-refractivity contribution in [1.82, 2.24) is 0 Å². The van der Waals surface area contributed by atoms with E-state index >= 15 is 0 Å². The number of hydrogen-bond acceptors (Lipinski definition) is 1. The Morgan fingerprint density at radius 3 is 2.44 bits per heavy atom. The van der Waals surface area contributed by atoms with Crippen LogP contribution >= 0.6 is 15.9 Å². The first kappa shape index (κ1) is 12.9. The summed E-state index contributed by atoms with van der Waals surface area (Å²) in [5.74, 6) is 6.27. The van der Waals surface area contributed by atoms with E-state index in [4.69, 9.17) is 0 Å². The van der Waals surface area contributed by atoms with Gasteiger partial charge in [-0.3, -0.25) is 0 Å². The third kappa shape index (κ3) is 2.81. The summed E-state index contributed by atoms with van der Waals surface area (Å²) in [5, 5.41) is 9.24. The van der Waals surface area contributed by atoms with Crippen molar-refractivity contribution < 1.29 is 5.11 Å². The summed E-state index contributed by atoms with van der Waals surface area (Å²) in [6, 6.07) is 13.6. The fourth-order valence-corrected chi connectivity index (χ4v) is 2.02. The van der Waals surface area contributed by atoms with Gasteiger partial charge in [-0.2, -0.15) is 0 Å². The average molecular weight is 301 g/mol. The Hall–Kier alpha value is -1.56. The van der Waals surface area contributed by atoms with Gasteiger partial charge in [-0.05, 0) is 36.2 Å². The number of aliphatic hydroxyl groups excluding tert-OH is 1. The van der Waals surface area contributed by atoms with Crippen LogP contribution < -0.4 is 0 Å². The lowest BCUT2D eigenvalue weighted by molar-refractivity contribution is 0.281. The van der Waals surface area contributed by atoms with Crippen LogP contribution in [0.1, 0.15) is 22.3 Å². The zero-order valence-corrected chi connectivity index (χ0v) is 11.7. The first-order valence-electron chi connectivity index (χ1n) is 5.68. The highest BCUT2D eigenvalue weighted by Crippen LogP contribution is 2.18. The van der Waals surface area contributed by atoms with Crippen LogP contribution in [0.5, 0.6) is 0 Å². The molecule has 0 aliphatic heterocycles. The second-order valence-corrected chi connectivity index (χ2v) is 4.83. The van der Waals surface area contributed by atoms with Crippen molar-refractivity contribution in [3.63, 3.8) is 0 Å². The zero-order valence-electron chi connectivity index (χ0n) is 10.1. The molecule has 2 aromatic rings. The zero-order chi connectivity index (χ0) is 13.0. The van der Waals surface area contributed by atoms with E-state index in [1.54, 1.807) is 0 Å². The maximum Gasteiger partial charge on any atom is 0.0694 e. The van der Waals surface area contributed by atoms with Gasteiger partial charge < -0.3 is 5.11 Å². The molecule has 0 aliphatic carbocycles. The number of benzene rings is 2. The molecule has 2 heteroatoms. The van der Waals surface area contributed by atoms with E-state index in [9.17, 15) is 5.11 Å². The molecular formula is C16H13BrO. The standard InChI is InChI=1S/C16H13BrO/c1-12-13(7-4-8-16(12)17)9-10-14-5-2-3-6-15(14)11-18/h2-8,18H,11H2,1H3. The lowest BCUT2D eigenvalue weighted by atomic mass is 10.1. The number of rotatable bonds is 1. The van der Waals surface area contributed by atoms with E-state index in [0.717, 1.165) is 26.7 Å². The molecule has 2 aromatic carbocycles. The first-order valence-corrected chi connectivity index (χ1v) is 6.47. The van der Waals surface area contributed by atoms with Crippen molar-refractivity contribution >= 4 is 15.9 Å². The Morgan fingerprint density at radius 2 is 1.67 bits per heavy atom. The van der Waals surface area contributed by atoms with Crippen LogP contribution in [0.15, 0.2) is 46.9 Å². The minimum atomic E-state index is 0.0162. The summed E-state index contributed by atoms with van der Waals surface area (Å²) in [5.41, 5.74) is 3.86. The van der Waals surface area contributed by atoms with Crippen LogP contribution in [0.25, 0.3) is 0 Å². The second-order valence-electron chi connectivity index (χ2n) is 3.98. The molecule has 1 N–H and O–H groups in total. The van der Waals surface area contributed by atoms with Gasteiger partial charge >= 0.3 is 0 Å². The molecule has 0 radical (unpaired) electrons. The van der Waals surface area contributed by atoms with Gasteiger partial charge in [0.2, 0.25) is 0 Å². The minimum Gasteiger partial charge on any atom is -0.392 e. The molecule has 0 saturated carbocycles. The third-order valence-electron chi connectivity index (χ3n) is 2.79. The van der Waals surface area contributed by atoms with E-state index in [2.05, 4.69) is 27.8 Å². The van der Waals surface area contributed by atoms with Gasteiger partial charge in [0.1, 0.15) is 0 Å². The first-order chi connectivity index (χ1) is 8.72. The van der Waals surface area contributed by atoms with Gasteiger partial charge in [0.05, 0.1) is 6.61 Å². The maximum absolute atomic E-state index is 9.24. The molecule has 0 bridgehead atoms. The van der Waals surface area contributed by atoms with Crippen molar-refractivity contribution in [3.8, 4) is 11.8 Å². The second kappa shape index (κ2) is 5.86. The van der Waals surface area contributed by atoms with E-state index in [0.29, 0.717) is 0 Å². The number of hydrogen-bond donors (Lipinski definition) is 1. The summed E-state index contributed by atoms with van der Waals surface area (Å²) in [6.07, 6.45) is 0. The Bertz CT molecular complexity index is 620. The predicted molar refractivity (Wildman–Crippen MR) is 77.2 cm³/mol. The molecule has 0 aromatic heterocycles. The molecule has 2 rings (SSSR count). The van der Waals surface area contributed by atoms with Crippen LogP contribution in [-0.4, -0.2) is 5.11 Å². The Morgan fingerprint density at radius 1 is 1.00 bits per heavy atom.